The summed E-state index contributed by atoms with van der Waals surface area (Å²) in [6.07, 6.45) is -9.61. The Kier molecular flexibility index (Phi) is 13.2. The molecule has 2 saturated heterocycles. The van der Waals surface area contributed by atoms with E-state index in [1.807, 2.05) is 0 Å². The zero-order valence-electron chi connectivity index (χ0n) is 15.1. The number of aliphatic hydroxyl groups excluding tert-OH is 4. The van der Waals surface area contributed by atoms with Crippen LogP contribution in [0.1, 0.15) is 0 Å². The molecule has 0 amide bonds. The van der Waals surface area contributed by atoms with Crippen molar-refractivity contribution in [3.63, 3.8) is 0 Å². The summed E-state index contributed by atoms with van der Waals surface area (Å²) in [5.74, 6) is -2.92. The number of carbonyl (C=O) groups excluding carboxylic acids is 2. The number of aliphatic hydroxyl groups is 4. The van der Waals surface area contributed by atoms with Crippen molar-refractivity contribution in [2.75, 3.05) is 27.4 Å². The van der Waals surface area contributed by atoms with Gasteiger partial charge in [-0.05, 0) is 0 Å². The molecule has 28 heavy (non-hydrogen) atoms. The highest BCUT2D eigenvalue weighted by Gasteiger charge is 2.40. The van der Waals surface area contributed by atoms with Gasteiger partial charge in [-0.3, -0.25) is 0 Å². The number of aliphatic carboxylic acids is 2. The van der Waals surface area contributed by atoms with Crippen LogP contribution < -0.4 is 10.2 Å². The molecular weight excluding hydrogens is 392 g/mol. The van der Waals surface area contributed by atoms with Crippen molar-refractivity contribution in [1.82, 2.24) is 0 Å². The summed E-state index contributed by atoms with van der Waals surface area (Å²) >= 11 is 0. The Hall–Kier alpha value is -1.46. The van der Waals surface area contributed by atoms with Gasteiger partial charge in [0.05, 0.1) is 25.2 Å². The van der Waals surface area contributed by atoms with E-state index in [4.69, 9.17) is 29.2 Å². The van der Waals surface area contributed by atoms with Crippen molar-refractivity contribution < 1.29 is 70.1 Å². The van der Waals surface area contributed by atoms with E-state index in [9.17, 15) is 30.0 Å². The van der Waals surface area contributed by atoms with Gasteiger partial charge in [0.25, 0.3) is 0 Å². The van der Waals surface area contributed by atoms with Crippen LogP contribution in [0.2, 0.25) is 0 Å². The predicted octanol–water partition coefficient (Wildman–Crippen LogP) is -7.91. The molecule has 8 atom stereocenters. The second-order valence-electron chi connectivity index (χ2n) is 5.66. The molecular formula is C14H26O14-2. The third-order valence-corrected chi connectivity index (χ3v) is 3.96. The molecule has 0 bridgehead atoms. The Labute approximate surface area is 159 Å². The Balaban J connectivity index is 0. The first-order chi connectivity index (χ1) is 12.1. The summed E-state index contributed by atoms with van der Waals surface area (Å²) < 4.78 is 18.8. The Morgan fingerprint density at radius 2 is 1.07 bits per heavy atom. The molecule has 2 fully saturated rings. The van der Waals surface area contributed by atoms with Gasteiger partial charge in [-0.1, -0.05) is 0 Å². The van der Waals surface area contributed by atoms with Gasteiger partial charge in [0.15, 0.2) is 0 Å². The van der Waals surface area contributed by atoms with Crippen LogP contribution in [0.15, 0.2) is 0 Å². The average Bonchev–Trinajstić information content (AvgIpc) is 2.59. The molecule has 14 nitrogen and oxygen atoms in total. The summed E-state index contributed by atoms with van der Waals surface area (Å²) in [7, 11) is 2.45. The number of hydrogen-bond donors (Lipinski definition) is 4. The summed E-state index contributed by atoms with van der Waals surface area (Å²) in [5, 5.41) is 57.8. The fraction of sp³-hybridized carbons (Fsp3) is 0.857. The van der Waals surface area contributed by atoms with E-state index >= 15 is 0 Å². The summed E-state index contributed by atoms with van der Waals surface area (Å²) in [6.45, 7) is -0.473. The van der Waals surface area contributed by atoms with Crippen LogP contribution in [0.25, 0.3) is 0 Å². The molecule has 0 spiro atoms. The smallest absolute Gasteiger partial charge is 0.126 e. The molecule has 2 rings (SSSR count). The Morgan fingerprint density at radius 1 is 0.786 bits per heavy atom. The van der Waals surface area contributed by atoms with Gasteiger partial charge in [0.2, 0.25) is 0 Å². The highest BCUT2D eigenvalue weighted by molar-refractivity contribution is 5.71. The average molecular weight is 418 g/mol. The quantitative estimate of drug-likeness (QED) is 0.331. The van der Waals surface area contributed by atoms with Gasteiger partial charge in [-0.2, -0.15) is 0 Å². The molecule has 0 radical (unpaired) electrons. The van der Waals surface area contributed by atoms with Crippen LogP contribution in [0, 0.1) is 0 Å². The minimum Gasteiger partial charge on any atom is -0.547 e. The minimum atomic E-state index is -1.46. The number of rotatable bonds is 4. The van der Waals surface area contributed by atoms with Crippen LogP contribution in [-0.2, 0) is 28.5 Å². The molecule has 0 saturated carbocycles. The third-order valence-electron chi connectivity index (χ3n) is 3.96. The van der Waals surface area contributed by atoms with Gasteiger partial charge in [-0.25, -0.2) is 0 Å². The van der Waals surface area contributed by atoms with E-state index in [0.29, 0.717) is 0 Å². The monoisotopic (exact) mass is 418 g/mol. The van der Waals surface area contributed by atoms with E-state index in [1.165, 1.54) is 14.2 Å². The van der Waals surface area contributed by atoms with Gasteiger partial charge in [0, 0.05) is 14.2 Å². The first-order valence-electron chi connectivity index (χ1n) is 7.58. The fourth-order valence-corrected chi connectivity index (χ4v) is 2.52. The fourth-order valence-electron chi connectivity index (χ4n) is 2.52. The predicted molar refractivity (Wildman–Crippen MR) is 82.3 cm³/mol. The van der Waals surface area contributed by atoms with Crippen LogP contribution in [0.4, 0.5) is 0 Å². The molecule has 2 heterocycles. The van der Waals surface area contributed by atoms with Crippen molar-refractivity contribution >= 4 is 11.9 Å². The molecule has 0 aromatic carbocycles. The normalized spacial score (nSPS) is 37.4. The Bertz CT molecular complexity index is 431. The number of hydrogen-bond acceptors (Lipinski definition) is 12. The topological polar surface area (TPSA) is 261 Å². The van der Waals surface area contributed by atoms with E-state index in [2.05, 4.69) is 0 Å². The van der Waals surface area contributed by atoms with Crippen LogP contribution in [0.3, 0.4) is 0 Å². The summed E-state index contributed by atoms with van der Waals surface area (Å²) in [5.41, 5.74) is 0. The molecule has 168 valence electrons. The van der Waals surface area contributed by atoms with Crippen molar-refractivity contribution in [2.45, 2.75) is 48.8 Å². The molecule has 14 heteroatoms. The maximum absolute atomic E-state index is 10.5. The van der Waals surface area contributed by atoms with Crippen molar-refractivity contribution in [2.24, 2.45) is 0 Å². The minimum absolute atomic E-state index is 0. The van der Waals surface area contributed by atoms with Crippen molar-refractivity contribution in [1.29, 1.82) is 0 Å². The maximum Gasteiger partial charge on any atom is 0.126 e. The molecule has 2 aliphatic heterocycles. The van der Waals surface area contributed by atoms with Crippen LogP contribution >= 0.6 is 0 Å². The first kappa shape index (κ1) is 28.7. The molecule has 0 aromatic rings. The number of ether oxygens (including phenoxy) is 4. The first-order valence-corrected chi connectivity index (χ1v) is 7.58. The SMILES string of the molecule is COC1C(C(=O)[O-])OCC(O)C1O.COC1C(C(=O)[O-])OCC(O)C1O.O.O. The number of carboxylic acid groups (broad SMARTS) is 2. The molecule has 0 aliphatic carbocycles. The number of carbonyl (C=O) groups is 2. The second kappa shape index (κ2) is 12.9. The van der Waals surface area contributed by atoms with E-state index < -0.39 is 60.8 Å². The number of carboxylic acids is 2. The zero-order valence-corrected chi connectivity index (χ0v) is 15.1. The highest BCUT2D eigenvalue weighted by atomic mass is 16.6. The van der Waals surface area contributed by atoms with Gasteiger partial charge in [-0.15, -0.1) is 0 Å². The van der Waals surface area contributed by atoms with Crippen LogP contribution in [-0.4, -0.2) is 120 Å². The van der Waals surface area contributed by atoms with E-state index in [1.54, 1.807) is 0 Å². The molecule has 0 aromatic heterocycles. The van der Waals surface area contributed by atoms with E-state index in [-0.39, 0.29) is 24.2 Å². The van der Waals surface area contributed by atoms with Gasteiger partial charge in [0.1, 0.15) is 48.8 Å². The van der Waals surface area contributed by atoms with Crippen LogP contribution in [0.5, 0.6) is 0 Å². The van der Waals surface area contributed by atoms with Crippen molar-refractivity contribution in [3.8, 4) is 0 Å². The zero-order chi connectivity index (χ0) is 20.0. The van der Waals surface area contributed by atoms with Crippen molar-refractivity contribution in [3.05, 3.63) is 0 Å². The standard InChI is InChI=1S/2C7H12O6.2H2O/c2*1-12-5-4(9)3(8)2-13-6(5)7(10)11;;/h2*3-6,8-9H,2H2,1H3,(H,10,11);2*1H2/p-2. The lowest BCUT2D eigenvalue weighted by atomic mass is 10.00. The van der Waals surface area contributed by atoms with Gasteiger partial charge < -0.3 is 70.1 Å². The van der Waals surface area contributed by atoms with Gasteiger partial charge >= 0.3 is 0 Å². The largest absolute Gasteiger partial charge is 0.547 e. The molecule has 8 N–H and O–H groups in total. The van der Waals surface area contributed by atoms with E-state index in [0.717, 1.165) is 0 Å². The number of methoxy groups -OCH3 is 2. The highest BCUT2D eigenvalue weighted by Crippen LogP contribution is 2.18. The Morgan fingerprint density at radius 3 is 1.29 bits per heavy atom. The maximum atomic E-state index is 10.5. The lowest BCUT2D eigenvalue weighted by Crippen LogP contribution is -2.59. The second-order valence-corrected chi connectivity index (χ2v) is 5.66. The lowest BCUT2D eigenvalue weighted by molar-refractivity contribution is -0.329. The lowest BCUT2D eigenvalue weighted by Gasteiger charge is -2.37. The molecule has 2 aliphatic rings. The summed E-state index contributed by atoms with van der Waals surface area (Å²) in [4.78, 5) is 20.9. The summed E-state index contributed by atoms with van der Waals surface area (Å²) in [6, 6.07) is 0. The third kappa shape index (κ3) is 6.85. The molecule has 8 unspecified atom stereocenters.